The van der Waals surface area contributed by atoms with Gasteiger partial charge in [-0.25, -0.2) is 0 Å². The molecule has 2 aromatic rings. The summed E-state index contributed by atoms with van der Waals surface area (Å²) in [5.74, 6) is -0.450. The van der Waals surface area contributed by atoms with Gasteiger partial charge >= 0.3 is 5.97 Å². The average molecular weight is 440 g/mol. The summed E-state index contributed by atoms with van der Waals surface area (Å²) >= 11 is 0. The Morgan fingerprint density at radius 3 is 2.50 bits per heavy atom. The number of ether oxygens (including phenoxy) is 3. The number of rotatable bonds is 9. The number of hydrogen-bond acceptors (Lipinski definition) is 6. The number of amides is 2. The molecule has 1 atom stereocenters. The molecule has 2 aromatic carbocycles. The summed E-state index contributed by atoms with van der Waals surface area (Å²) in [6.07, 6.45) is 0.762. The van der Waals surface area contributed by atoms with Gasteiger partial charge in [-0.15, -0.1) is 0 Å². The maximum absolute atomic E-state index is 12.6. The van der Waals surface area contributed by atoms with Crippen molar-refractivity contribution in [2.45, 2.75) is 33.2 Å². The van der Waals surface area contributed by atoms with E-state index in [1.54, 1.807) is 23.1 Å². The monoisotopic (exact) mass is 440 g/mol. The van der Waals surface area contributed by atoms with Crippen LogP contribution in [0.1, 0.15) is 36.7 Å². The van der Waals surface area contributed by atoms with Crippen LogP contribution in [-0.4, -0.2) is 50.2 Å². The molecule has 1 heterocycles. The van der Waals surface area contributed by atoms with Gasteiger partial charge in [0.1, 0.15) is 6.54 Å². The number of esters is 1. The molecule has 8 nitrogen and oxygen atoms in total. The fourth-order valence-electron chi connectivity index (χ4n) is 3.66. The first-order valence-electron chi connectivity index (χ1n) is 10.7. The summed E-state index contributed by atoms with van der Waals surface area (Å²) in [4.78, 5) is 38.7. The van der Waals surface area contributed by atoms with E-state index in [1.807, 2.05) is 45.0 Å². The van der Waals surface area contributed by atoms with Crippen LogP contribution >= 0.6 is 0 Å². The molecule has 0 saturated heterocycles. The molecule has 0 radical (unpaired) electrons. The van der Waals surface area contributed by atoms with Gasteiger partial charge in [-0.2, -0.15) is 0 Å². The lowest BCUT2D eigenvalue weighted by atomic mass is 10.1. The van der Waals surface area contributed by atoms with Gasteiger partial charge in [0, 0.05) is 17.3 Å². The molecule has 1 aliphatic heterocycles. The van der Waals surface area contributed by atoms with Crippen molar-refractivity contribution in [1.82, 2.24) is 5.32 Å². The minimum atomic E-state index is -0.692. The van der Waals surface area contributed by atoms with Crippen LogP contribution in [0.4, 0.5) is 5.69 Å². The third kappa shape index (κ3) is 5.38. The SMILES string of the molecule is CCOc1ccc(C(=O)NCC(=O)OCC(=O)N2c3ccccc3C[C@H]2C)cc1OCC. The van der Waals surface area contributed by atoms with Gasteiger partial charge < -0.3 is 24.4 Å². The summed E-state index contributed by atoms with van der Waals surface area (Å²) in [5.41, 5.74) is 2.26. The van der Waals surface area contributed by atoms with E-state index >= 15 is 0 Å². The number of carbonyl (C=O) groups is 3. The van der Waals surface area contributed by atoms with E-state index in [0.717, 1.165) is 17.7 Å². The topological polar surface area (TPSA) is 94.2 Å². The normalized spacial score (nSPS) is 14.5. The van der Waals surface area contributed by atoms with Crippen LogP contribution in [0.2, 0.25) is 0 Å². The lowest BCUT2D eigenvalue weighted by Gasteiger charge is -2.22. The van der Waals surface area contributed by atoms with Gasteiger partial charge in [0.2, 0.25) is 0 Å². The summed E-state index contributed by atoms with van der Waals surface area (Å²) < 4.78 is 16.1. The van der Waals surface area contributed by atoms with Crippen LogP contribution in [-0.2, 0) is 20.7 Å². The highest BCUT2D eigenvalue weighted by Crippen LogP contribution is 2.32. The Balaban J connectivity index is 1.51. The number of para-hydroxylation sites is 1. The number of anilines is 1. The predicted octanol–water partition coefficient (Wildman–Crippen LogP) is 2.73. The molecule has 8 heteroatoms. The van der Waals surface area contributed by atoms with Gasteiger partial charge in [0.05, 0.1) is 13.2 Å². The lowest BCUT2D eigenvalue weighted by molar-refractivity contribution is -0.146. The molecule has 0 aliphatic carbocycles. The second-order valence-corrected chi connectivity index (χ2v) is 7.32. The molecule has 170 valence electrons. The fourth-order valence-corrected chi connectivity index (χ4v) is 3.66. The molecule has 3 rings (SSSR count). The summed E-state index contributed by atoms with van der Waals surface area (Å²) in [5, 5.41) is 2.50. The number of benzene rings is 2. The zero-order valence-corrected chi connectivity index (χ0v) is 18.6. The number of nitrogens with zero attached hydrogens (tertiary/aromatic N) is 1. The minimum Gasteiger partial charge on any atom is -0.490 e. The maximum Gasteiger partial charge on any atom is 0.325 e. The van der Waals surface area contributed by atoms with E-state index in [2.05, 4.69) is 5.32 Å². The third-order valence-electron chi connectivity index (χ3n) is 5.03. The first kappa shape index (κ1) is 23.1. The standard InChI is InChI=1S/C24H28N2O6/c1-4-30-20-11-10-18(13-21(20)31-5-2)24(29)25-14-23(28)32-15-22(27)26-16(3)12-17-8-6-7-9-19(17)26/h6-11,13,16H,4-5,12,14-15H2,1-3H3,(H,25,29)/t16-/m1/s1. The van der Waals surface area contributed by atoms with E-state index in [9.17, 15) is 14.4 Å². The van der Waals surface area contributed by atoms with Crippen LogP contribution in [0.5, 0.6) is 11.5 Å². The zero-order chi connectivity index (χ0) is 23.1. The van der Waals surface area contributed by atoms with Crippen LogP contribution < -0.4 is 19.7 Å². The molecule has 0 unspecified atom stereocenters. The van der Waals surface area contributed by atoms with Crippen molar-refractivity contribution in [3.63, 3.8) is 0 Å². The summed E-state index contributed by atoms with van der Waals surface area (Å²) in [6, 6.07) is 12.5. The van der Waals surface area contributed by atoms with E-state index in [1.165, 1.54) is 0 Å². The molecule has 2 amide bonds. The van der Waals surface area contributed by atoms with E-state index in [0.29, 0.717) is 30.3 Å². The zero-order valence-electron chi connectivity index (χ0n) is 18.6. The minimum absolute atomic E-state index is 0.00231. The lowest BCUT2D eigenvalue weighted by Crippen LogP contribution is -2.39. The Hall–Kier alpha value is -3.55. The van der Waals surface area contributed by atoms with E-state index < -0.39 is 11.9 Å². The van der Waals surface area contributed by atoms with E-state index in [4.69, 9.17) is 14.2 Å². The Kier molecular flexibility index (Phi) is 7.70. The first-order valence-corrected chi connectivity index (χ1v) is 10.7. The van der Waals surface area contributed by atoms with Gasteiger partial charge in [-0.05, 0) is 57.0 Å². The van der Waals surface area contributed by atoms with Crippen molar-refractivity contribution < 1.29 is 28.6 Å². The van der Waals surface area contributed by atoms with Crippen molar-refractivity contribution in [2.75, 3.05) is 31.3 Å². The molecule has 0 aromatic heterocycles. The molecular weight excluding hydrogens is 412 g/mol. The Labute approximate surface area is 187 Å². The highest BCUT2D eigenvalue weighted by molar-refractivity contribution is 5.99. The molecule has 1 aliphatic rings. The number of hydrogen-bond donors (Lipinski definition) is 1. The van der Waals surface area contributed by atoms with Crippen molar-refractivity contribution in [1.29, 1.82) is 0 Å². The average Bonchev–Trinajstić information content (AvgIpc) is 3.13. The second-order valence-electron chi connectivity index (χ2n) is 7.32. The van der Waals surface area contributed by atoms with Crippen molar-refractivity contribution in [3.8, 4) is 11.5 Å². The van der Waals surface area contributed by atoms with Crippen LogP contribution in [0.3, 0.4) is 0 Å². The van der Waals surface area contributed by atoms with Gasteiger partial charge in [0.25, 0.3) is 11.8 Å². The Bertz CT molecular complexity index is 990. The quantitative estimate of drug-likeness (QED) is 0.603. The molecule has 0 spiro atoms. The van der Waals surface area contributed by atoms with Crippen LogP contribution in [0, 0.1) is 0 Å². The molecule has 0 saturated carbocycles. The van der Waals surface area contributed by atoms with E-state index in [-0.39, 0.29) is 25.1 Å². The highest BCUT2D eigenvalue weighted by atomic mass is 16.5. The molecular formula is C24H28N2O6. The van der Waals surface area contributed by atoms with Gasteiger partial charge in [0.15, 0.2) is 18.1 Å². The summed E-state index contributed by atoms with van der Waals surface area (Å²) in [6.45, 7) is 5.80. The number of fused-ring (bicyclic) bond motifs is 1. The third-order valence-corrected chi connectivity index (χ3v) is 5.03. The van der Waals surface area contributed by atoms with Crippen molar-refractivity contribution in [3.05, 3.63) is 53.6 Å². The van der Waals surface area contributed by atoms with Gasteiger partial charge in [-0.3, -0.25) is 14.4 Å². The largest absolute Gasteiger partial charge is 0.490 e. The van der Waals surface area contributed by atoms with Gasteiger partial charge in [-0.1, -0.05) is 18.2 Å². The highest BCUT2D eigenvalue weighted by Gasteiger charge is 2.30. The fraction of sp³-hybridized carbons (Fsp3) is 0.375. The first-order chi connectivity index (χ1) is 15.4. The molecule has 32 heavy (non-hydrogen) atoms. The Morgan fingerprint density at radius 1 is 1.03 bits per heavy atom. The Morgan fingerprint density at radius 2 is 1.75 bits per heavy atom. The van der Waals surface area contributed by atoms with Crippen molar-refractivity contribution >= 4 is 23.5 Å². The smallest absolute Gasteiger partial charge is 0.325 e. The van der Waals surface area contributed by atoms with Crippen LogP contribution in [0.25, 0.3) is 0 Å². The maximum atomic E-state index is 12.6. The van der Waals surface area contributed by atoms with Crippen LogP contribution in [0.15, 0.2) is 42.5 Å². The number of nitrogens with one attached hydrogen (secondary N) is 1. The molecule has 0 bridgehead atoms. The predicted molar refractivity (Wildman–Crippen MR) is 119 cm³/mol. The molecule has 0 fully saturated rings. The van der Waals surface area contributed by atoms with Crippen molar-refractivity contribution in [2.24, 2.45) is 0 Å². The number of carbonyl (C=O) groups excluding carboxylic acids is 3. The summed E-state index contributed by atoms with van der Waals surface area (Å²) in [7, 11) is 0. The second kappa shape index (κ2) is 10.7. The molecule has 1 N–H and O–H groups in total.